The Balaban J connectivity index is 2.57. The zero-order chi connectivity index (χ0) is 13.8. The molecule has 0 unspecified atom stereocenters. The van der Waals surface area contributed by atoms with Gasteiger partial charge in [-0.1, -0.05) is 19.4 Å². The molecule has 0 fully saturated rings. The van der Waals surface area contributed by atoms with Crippen molar-refractivity contribution in [3.05, 3.63) is 41.1 Å². The van der Waals surface area contributed by atoms with Crippen LogP contribution in [0.1, 0.15) is 30.2 Å². The van der Waals surface area contributed by atoms with Crippen LogP contribution in [0.3, 0.4) is 0 Å². The molecule has 0 bridgehead atoms. The first kappa shape index (κ1) is 12.7. The average Bonchev–Trinajstić information content (AvgIpc) is 2.75. The summed E-state index contributed by atoms with van der Waals surface area (Å²) in [6, 6.07) is 11.1. The lowest BCUT2D eigenvalue weighted by Gasteiger charge is -2.03. The number of nitrogen functional groups attached to an aromatic ring is 1. The maximum Gasteiger partial charge on any atom is 0.145 e. The SMILES string of the molecule is CCCc1nn(-c2cccc(C#N)c2)c(N)c1C#N. The topological polar surface area (TPSA) is 91.4 Å². The van der Waals surface area contributed by atoms with Crippen molar-refractivity contribution >= 4 is 5.82 Å². The number of hydrogen-bond acceptors (Lipinski definition) is 4. The molecular weight excluding hydrogens is 238 g/mol. The van der Waals surface area contributed by atoms with Crippen molar-refractivity contribution in [2.75, 3.05) is 5.73 Å². The molecule has 2 aromatic rings. The number of rotatable bonds is 3. The molecule has 1 heterocycles. The predicted molar refractivity (Wildman–Crippen MR) is 71.4 cm³/mol. The van der Waals surface area contributed by atoms with Crippen LogP contribution in [-0.4, -0.2) is 9.78 Å². The highest BCUT2D eigenvalue weighted by molar-refractivity contribution is 5.57. The van der Waals surface area contributed by atoms with Gasteiger partial charge in [0.2, 0.25) is 0 Å². The highest BCUT2D eigenvalue weighted by Gasteiger charge is 2.15. The van der Waals surface area contributed by atoms with Crippen molar-refractivity contribution in [2.45, 2.75) is 19.8 Å². The number of nitrogens with two attached hydrogens (primary N) is 1. The first-order valence-electron chi connectivity index (χ1n) is 5.99. The Bertz CT molecular complexity index is 685. The second-order valence-electron chi connectivity index (χ2n) is 4.14. The van der Waals surface area contributed by atoms with Gasteiger partial charge in [-0.3, -0.25) is 0 Å². The van der Waals surface area contributed by atoms with E-state index < -0.39 is 0 Å². The Hall–Kier alpha value is -2.79. The maximum absolute atomic E-state index is 9.15. The molecule has 19 heavy (non-hydrogen) atoms. The van der Waals surface area contributed by atoms with Crippen LogP contribution in [-0.2, 0) is 6.42 Å². The van der Waals surface area contributed by atoms with Crippen LogP contribution in [0, 0.1) is 22.7 Å². The molecule has 2 rings (SSSR count). The molecule has 94 valence electrons. The van der Waals surface area contributed by atoms with E-state index in [0.29, 0.717) is 34.7 Å². The van der Waals surface area contributed by atoms with Gasteiger partial charge in [0.15, 0.2) is 0 Å². The van der Waals surface area contributed by atoms with Gasteiger partial charge in [-0.15, -0.1) is 0 Å². The minimum atomic E-state index is 0.320. The summed E-state index contributed by atoms with van der Waals surface area (Å²) in [4.78, 5) is 0. The van der Waals surface area contributed by atoms with Gasteiger partial charge in [-0.2, -0.15) is 15.6 Å². The summed E-state index contributed by atoms with van der Waals surface area (Å²) in [7, 11) is 0. The molecule has 5 nitrogen and oxygen atoms in total. The fourth-order valence-electron chi connectivity index (χ4n) is 1.92. The van der Waals surface area contributed by atoms with E-state index in [0.717, 1.165) is 6.42 Å². The molecule has 0 amide bonds. The third kappa shape index (κ3) is 2.27. The Morgan fingerprint density at radius 3 is 2.74 bits per heavy atom. The monoisotopic (exact) mass is 251 g/mol. The highest BCUT2D eigenvalue weighted by Crippen LogP contribution is 2.21. The van der Waals surface area contributed by atoms with Crippen molar-refractivity contribution < 1.29 is 0 Å². The fraction of sp³-hybridized carbons (Fsp3) is 0.214. The zero-order valence-electron chi connectivity index (χ0n) is 10.6. The van der Waals surface area contributed by atoms with Crippen LogP contribution >= 0.6 is 0 Å². The Kier molecular flexibility index (Phi) is 3.49. The normalized spacial score (nSPS) is 9.84. The van der Waals surface area contributed by atoms with Crippen molar-refractivity contribution in [2.24, 2.45) is 0 Å². The molecule has 1 aromatic heterocycles. The van der Waals surface area contributed by atoms with Crippen molar-refractivity contribution in [3.8, 4) is 17.8 Å². The first-order valence-corrected chi connectivity index (χ1v) is 5.99. The van der Waals surface area contributed by atoms with Gasteiger partial charge in [0, 0.05) is 0 Å². The molecular formula is C14H13N5. The molecule has 0 aliphatic carbocycles. The fourth-order valence-corrected chi connectivity index (χ4v) is 1.92. The quantitative estimate of drug-likeness (QED) is 0.904. The van der Waals surface area contributed by atoms with Gasteiger partial charge in [-0.05, 0) is 24.6 Å². The van der Waals surface area contributed by atoms with Crippen LogP contribution in [0.2, 0.25) is 0 Å². The Morgan fingerprint density at radius 1 is 1.32 bits per heavy atom. The van der Waals surface area contributed by atoms with Gasteiger partial charge < -0.3 is 5.73 Å². The van der Waals surface area contributed by atoms with E-state index in [9.17, 15) is 0 Å². The van der Waals surface area contributed by atoms with E-state index in [2.05, 4.69) is 17.2 Å². The minimum absolute atomic E-state index is 0.320. The summed E-state index contributed by atoms with van der Waals surface area (Å²) in [6.07, 6.45) is 1.60. The number of aromatic nitrogens is 2. The van der Waals surface area contributed by atoms with Gasteiger partial charge >= 0.3 is 0 Å². The van der Waals surface area contributed by atoms with E-state index in [1.807, 2.05) is 6.92 Å². The average molecular weight is 251 g/mol. The van der Waals surface area contributed by atoms with Crippen molar-refractivity contribution in [3.63, 3.8) is 0 Å². The highest BCUT2D eigenvalue weighted by atomic mass is 15.3. The van der Waals surface area contributed by atoms with E-state index in [1.54, 1.807) is 24.3 Å². The Labute approximate surface area is 111 Å². The minimum Gasteiger partial charge on any atom is -0.382 e. The molecule has 0 spiro atoms. The smallest absolute Gasteiger partial charge is 0.145 e. The number of hydrogen-bond donors (Lipinski definition) is 1. The molecule has 0 aliphatic heterocycles. The molecule has 0 atom stereocenters. The number of anilines is 1. The van der Waals surface area contributed by atoms with E-state index in [-0.39, 0.29) is 0 Å². The summed E-state index contributed by atoms with van der Waals surface area (Å²) < 4.78 is 1.52. The summed E-state index contributed by atoms with van der Waals surface area (Å²) in [5.74, 6) is 0.320. The van der Waals surface area contributed by atoms with Crippen LogP contribution in [0.4, 0.5) is 5.82 Å². The molecule has 0 aliphatic rings. The van der Waals surface area contributed by atoms with Gasteiger partial charge in [0.1, 0.15) is 17.5 Å². The lowest BCUT2D eigenvalue weighted by Crippen LogP contribution is -2.02. The van der Waals surface area contributed by atoms with E-state index >= 15 is 0 Å². The largest absolute Gasteiger partial charge is 0.382 e. The van der Waals surface area contributed by atoms with E-state index in [1.165, 1.54) is 4.68 Å². The second kappa shape index (κ2) is 5.24. The van der Waals surface area contributed by atoms with E-state index in [4.69, 9.17) is 16.3 Å². The summed E-state index contributed by atoms with van der Waals surface area (Å²) in [6.45, 7) is 2.02. The van der Waals surface area contributed by atoms with Gasteiger partial charge in [0.05, 0.1) is 23.0 Å². The zero-order valence-corrected chi connectivity index (χ0v) is 10.6. The molecule has 1 aromatic carbocycles. The summed E-state index contributed by atoms with van der Waals surface area (Å²) >= 11 is 0. The van der Waals surface area contributed by atoms with Gasteiger partial charge in [-0.25, -0.2) is 4.68 Å². The molecule has 0 saturated carbocycles. The van der Waals surface area contributed by atoms with Gasteiger partial charge in [0.25, 0.3) is 0 Å². The number of aryl methyl sites for hydroxylation is 1. The maximum atomic E-state index is 9.15. The van der Waals surface area contributed by atoms with Crippen LogP contribution in [0.15, 0.2) is 24.3 Å². The third-order valence-corrected chi connectivity index (χ3v) is 2.81. The summed E-state index contributed by atoms with van der Waals surface area (Å²) in [5.41, 5.74) is 8.30. The number of benzene rings is 1. The van der Waals surface area contributed by atoms with Crippen molar-refractivity contribution in [1.82, 2.24) is 9.78 Å². The predicted octanol–water partition coefficient (Wildman–Crippen LogP) is 2.15. The lowest BCUT2D eigenvalue weighted by molar-refractivity contribution is 0.810. The second-order valence-corrected chi connectivity index (χ2v) is 4.14. The molecule has 0 radical (unpaired) electrons. The lowest BCUT2D eigenvalue weighted by atomic mass is 10.1. The Morgan fingerprint density at radius 2 is 2.11 bits per heavy atom. The van der Waals surface area contributed by atoms with Crippen molar-refractivity contribution in [1.29, 1.82) is 10.5 Å². The molecule has 2 N–H and O–H groups in total. The standard InChI is InChI=1S/C14H13N5/c1-2-4-13-12(9-16)14(17)19(18-13)11-6-3-5-10(7-11)8-15/h3,5-7H,2,4,17H2,1H3. The van der Waals surface area contributed by atoms with Crippen LogP contribution < -0.4 is 5.73 Å². The number of nitrogens with zero attached hydrogens (tertiary/aromatic N) is 4. The van der Waals surface area contributed by atoms with Crippen LogP contribution in [0.25, 0.3) is 5.69 Å². The summed E-state index contributed by atoms with van der Waals surface area (Å²) in [5, 5.41) is 22.4. The first-order chi connectivity index (χ1) is 9.21. The molecule has 5 heteroatoms. The van der Waals surface area contributed by atoms with Crippen LogP contribution in [0.5, 0.6) is 0 Å². The number of nitriles is 2. The third-order valence-electron chi connectivity index (χ3n) is 2.81. The molecule has 0 saturated heterocycles.